The highest BCUT2D eigenvalue weighted by Gasteiger charge is 2.15. The van der Waals surface area contributed by atoms with E-state index >= 15 is 0 Å². The molecule has 2 aromatic carbocycles. The predicted octanol–water partition coefficient (Wildman–Crippen LogP) is 3.73. The maximum absolute atomic E-state index is 12.3. The molecule has 0 bridgehead atoms. The molecule has 2 aromatic rings. The summed E-state index contributed by atoms with van der Waals surface area (Å²) in [6, 6.07) is 17.7. The zero-order chi connectivity index (χ0) is 21.3. The Morgan fingerprint density at radius 1 is 1.03 bits per heavy atom. The van der Waals surface area contributed by atoms with Gasteiger partial charge in [-0.15, -0.1) is 24.0 Å². The van der Waals surface area contributed by atoms with E-state index in [1.54, 1.807) is 0 Å². The highest BCUT2D eigenvalue weighted by Crippen LogP contribution is 2.14. The van der Waals surface area contributed by atoms with Crippen LogP contribution in [0.2, 0.25) is 0 Å². The van der Waals surface area contributed by atoms with E-state index in [0.29, 0.717) is 6.54 Å². The molecule has 0 saturated carbocycles. The first kappa shape index (κ1) is 26.4. The summed E-state index contributed by atoms with van der Waals surface area (Å²) in [4.78, 5) is 6.82. The number of hydrogen-bond donors (Lipinski definition) is 2. The molecule has 0 atom stereocenters. The van der Waals surface area contributed by atoms with Crippen LogP contribution in [0, 0.1) is 0 Å². The first-order chi connectivity index (χ1) is 13.8. The van der Waals surface area contributed by atoms with Gasteiger partial charge in [-0.25, -0.2) is 18.1 Å². The molecule has 0 aliphatic carbocycles. The quantitative estimate of drug-likeness (QED) is 0.287. The van der Waals surface area contributed by atoms with Gasteiger partial charge in [0.05, 0.1) is 12.3 Å². The van der Waals surface area contributed by atoms with Crippen molar-refractivity contribution in [1.82, 2.24) is 14.9 Å². The minimum atomic E-state index is -3.39. The first-order valence-corrected chi connectivity index (χ1v) is 11.6. The van der Waals surface area contributed by atoms with Crippen LogP contribution in [-0.4, -0.2) is 38.9 Å². The molecule has 2 N–H and O–H groups in total. The molecular formula is C22H33IN4O2S. The van der Waals surface area contributed by atoms with Gasteiger partial charge in [-0.3, -0.25) is 0 Å². The van der Waals surface area contributed by atoms with Gasteiger partial charge in [-0.1, -0.05) is 54.6 Å². The molecule has 0 fully saturated rings. The van der Waals surface area contributed by atoms with Crippen LogP contribution in [0.4, 0.5) is 0 Å². The fraction of sp³-hybridized carbons (Fsp3) is 0.409. The summed E-state index contributed by atoms with van der Waals surface area (Å²) < 4.78 is 27.3. The molecule has 0 aliphatic rings. The summed E-state index contributed by atoms with van der Waals surface area (Å²) >= 11 is 0. The molecule has 0 saturated heterocycles. The van der Waals surface area contributed by atoms with Gasteiger partial charge in [0.1, 0.15) is 0 Å². The number of aliphatic imine (C=N–C) groups is 1. The van der Waals surface area contributed by atoms with Crippen molar-refractivity contribution in [2.24, 2.45) is 4.99 Å². The number of sulfonamides is 1. The largest absolute Gasteiger partial charge is 0.357 e. The van der Waals surface area contributed by atoms with E-state index in [-0.39, 0.29) is 35.8 Å². The van der Waals surface area contributed by atoms with Crippen LogP contribution in [-0.2, 0) is 28.9 Å². The highest BCUT2D eigenvalue weighted by molar-refractivity contribution is 14.0. The van der Waals surface area contributed by atoms with E-state index in [9.17, 15) is 8.42 Å². The van der Waals surface area contributed by atoms with Crippen molar-refractivity contribution in [3.63, 3.8) is 0 Å². The van der Waals surface area contributed by atoms with Gasteiger partial charge in [0, 0.05) is 26.2 Å². The lowest BCUT2D eigenvalue weighted by atomic mass is 10.1. The number of halogens is 1. The van der Waals surface area contributed by atoms with Crippen molar-refractivity contribution < 1.29 is 8.42 Å². The highest BCUT2D eigenvalue weighted by atomic mass is 127. The van der Waals surface area contributed by atoms with Crippen molar-refractivity contribution >= 4 is 40.0 Å². The molecule has 0 amide bonds. The van der Waals surface area contributed by atoms with E-state index in [1.807, 2.05) is 70.3 Å². The SMILES string of the molecule is CCNC(=NCc1ccccc1CS(=O)(=O)NC(C)C)N(C)Cc1ccccc1.I. The second-order valence-electron chi connectivity index (χ2n) is 7.31. The van der Waals surface area contributed by atoms with Gasteiger partial charge in [-0.05, 0) is 37.5 Å². The van der Waals surface area contributed by atoms with Crippen LogP contribution in [0.1, 0.15) is 37.5 Å². The first-order valence-electron chi connectivity index (χ1n) is 9.91. The number of rotatable bonds is 9. The van der Waals surface area contributed by atoms with Gasteiger partial charge in [0.25, 0.3) is 0 Å². The fourth-order valence-electron chi connectivity index (χ4n) is 3.02. The minimum absolute atomic E-state index is 0. The Balaban J connectivity index is 0.00000450. The Labute approximate surface area is 198 Å². The van der Waals surface area contributed by atoms with Gasteiger partial charge in [0.2, 0.25) is 10.0 Å². The van der Waals surface area contributed by atoms with Gasteiger partial charge >= 0.3 is 0 Å². The third kappa shape index (κ3) is 9.01. The molecule has 166 valence electrons. The summed E-state index contributed by atoms with van der Waals surface area (Å²) in [7, 11) is -1.39. The van der Waals surface area contributed by atoms with Crippen LogP contribution in [0.15, 0.2) is 59.6 Å². The Hall–Kier alpha value is -1.65. The van der Waals surface area contributed by atoms with E-state index in [4.69, 9.17) is 4.99 Å². The molecule has 8 heteroatoms. The minimum Gasteiger partial charge on any atom is -0.357 e. The summed E-state index contributed by atoms with van der Waals surface area (Å²) in [5, 5.41) is 3.31. The number of hydrogen-bond acceptors (Lipinski definition) is 3. The molecule has 0 aliphatic heterocycles. The molecule has 0 spiro atoms. The number of nitrogens with zero attached hydrogens (tertiary/aromatic N) is 2. The van der Waals surface area contributed by atoms with Crippen molar-refractivity contribution in [1.29, 1.82) is 0 Å². The Kier molecular flexibility index (Phi) is 11.4. The lowest BCUT2D eigenvalue weighted by molar-refractivity contribution is 0.477. The predicted molar refractivity (Wildman–Crippen MR) is 135 cm³/mol. The van der Waals surface area contributed by atoms with E-state index < -0.39 is 10.0 Å². The molecule has 0 radical (unpaired) electrons. The van der Waals surface area contributed by atoms with Gasteiger partial charge in [-0.2, -0.15) is 0 Å². The summed E-state index contributed by atoms with van der Waals surface area (Å²) in [5.74, 6) is 0.738. The molecule has 0 unspecified atom stereocenters. The molecule has 30 heavy (non-hydrogen) atoms. The topological polar surface area (TPSA) is 73.8 Å². The van der Waals surface area contributed by atoms with Crippen LogP contribution < -0.4 is 10.0 Å². The van der Waals surface area contributed by atoms with Crippen LogP contribution in [0.5, 0.6) is 0 Å². The average Bonchev–Trinajstić information content (AvgIpc) is 2.65. The third-order valence-electron chi connectivity index (χ3n) is 4.24. The molecule has 0 heterocycles. The maximum Gasteiger partial charge on any atom is 0.216 e. The van der Waals surface area contributed by atoms with E-state index in [1.165, 1.54) is 5.56 Å². The molecular weight excluding hydrogens is 511 g/mol. The zero-order valence-electron chi connectivity index (χ0n) is 18.1. The monoisotopic (exact) mass is 544 g/mol. The van der Waals surface area contributed by atoms with Crippen molar-refractivity contribution in [2.45, 2.75) is 45.7 Å². The molecule has 0 aromatic heterocycles. The summed E-state index contributed by atoms with van der Waals surface area (Å²) in [6.07, 6.45) is 0. The van der Waals surface area contributed by atoms with Gasteiger partial charge in [0.15, 0.2) is 5.96 Å². The Morgan fingerprint density at radius 2 is 1.63 bits per heavy atom. The molecule has 2 rings (SSSR count). The Bertz CT molecular complexity index is 902. The smallest absolute Gasteiger partial charge is 0.216 e. The van der Waals surface area contributed by atoms with Crippen molar-refractivity contribution in [3.05, 3.63) is 71.3 Å². The third-order valence-corrected chi connectivity index (χ3v) is 5.76. The summed E-state index contributed by atoms with van der Waals surface area (Å²) in [6.45, 7) is 7.57. The second-order valence-corrected chi connectivity index (χ2v) is 9.07. The number of nitrogens with one attached hydrogen (secondary N) is 2. The second kappa shape index (κ2) is 12.9. The molecule has 6 nitrogen and oxygen atoms in total. The average molecular weight is 545 g/mol. The number of benzene rings is 2. The van der Waals surface area contributed by atoms with Crippen LogP contribution in [0.25, 0.3) is 0 Å². The van der Waals surface area contributed by atoms with E-state index in [0.717, 1.165) is 30.2 Å². The maximum atomic E-state index is 12.3. The number of guanidine groups is 1. The van der Waals surface area contributed by atoms with Crippen molar-refractivity contribution in [2.75, 3.05) is 13.6 Å². The standard InChI is InChI=1S/C22H32N4O2S.HI/c1-5-23-22(26(4)16-19-11-7-6-8-12-19)24-15-20-13-9-10-14-21(20)17-29(27,28)25-18(2)3;/h6-14,18,25H,5,15-17H2,1-4H3,(H,23,24);1H. The van der Waals surface area contributed by atoms with Crippen LogP contribution >= 0.6 is 24.0 Å². The van der Waals surface area contributed by atoms with Crippen LogP contribution in [0.3, 0.4) is 0 Å². The van der Waals surface area contributed by atoms with Crippen molar-refractivity contribution in [3.8, 4) is 0 Å². The van der Waals surface area contributed by atoms with E-state index in [2.05, 4.69) is 27.1 Å². The summed E-state index contributed by atoms with van der Waals surface area (Å²) in [5.41, 5.74) is 2.88. The Morgan fingerprint density at radius 3 is 2.23 bits per heavy atom. The normalized spacial score (nSPS) is 11.8. The zero-order valence-corrected chi connectivity index (χ0v) is 21.3. The fourth-order valence-corrected chi connectivity index (χ4v) is 4.51. The lowest BCUT2D eigenvalue weighted by Crippen LogP contribution is -2.38. The van der Waals surface area contributed by atoms with Gasteiger partial charge < -0.3 is 10.2 Å². The lowest BCUT2D eigenvalue weighted by Gasteiger charge is -2.22.